The summed E-state index contributed by atoms with van der Waals surface area (Å²) in [5, 5.41) is 3.23. The van der Waals surface area contributed by atoms with Crippen molar-refractivity contribution in [3.05, 3.63) is 29.8 Å². The summed E-state index contributed by atoms with van der Waals surface area (Å²) in [5.74, 6) is 0.0953. The van der Waals surface area contributed by atoms with Crippen LogP contribution in [0.5, 0.6) is 0 Å². The first-order valence-corrected chi connectivity index (χ1v) is 5.61. The van der Waals surface area contributed by atoms with Crippen LogP contribution in [-0.2, 0) is 4.74 Å². The van der Waals surface area contributed by atoms with Gasteiger partial charge in [0.05, 0.1) is 12.3 Å². The molecule has 1 aliphatic heterocycles. The van der Waals surface area contributed by atoms with Crippen LogP contribution in [0, 0.1) is 11.7 Å². The lowest BCUT2D eigenvalue weighted by Gasteiger charge is -2.25. The van der Waals surface area contributed by atoms with Crippen molar-refractivity contribution in [3.8, 4) is 0 Å². The third-order valence-corrected chi connectivity index (χ3v) is 3.26. The van der Waals surface area contributed by atoms with Gasteiger partial charge in [-0.25, -0.2) is 4.39 Å². The molecule has 1 fully saturated rings. The van der Waals surface area contributed by atoms with Gasteiger partial charge in [0.25, 0.3) is 0 Å². The van der Waals surface area contributed by atoms with Crippen molar-refractivity contribution in [2.24, 2.45) is 5.92 Å². The molecular weight excluding hydrogens is 207 g/mol. The highest BCUT2D eigenvalue weighted by Crippen LogP contribution is 2.32. The lowest BCUT2D eigenvalue weighted by atomic mass is 9.89. The summed E-state index contributed by atoms with van der Waals surface area (Å²) < 4.78 is 18.7. The van der Waals surface area contributed by atoms with Gasteiger partial charge in [-0.05, 0) is 32.0 Å². The van der Waals surface area contributed by atoms with E-state index in [0.717, 1.165) is 18.6 Å². The molecule has 0 aliphatic carbocycles. The maximum atomic E-state index is 13.1. The first-order valence-electron chi connectivity index (χ1n) is 5.61. The largest absolute Gasteiger partial charge is 0.378 e. The van der Waals surface area contributed by atoms with Gasteiger partial charge in [0.1, 0.15) is 5.82 Å². The summed E-state index contributed by atoms with van der Waals surface area (Å²) in [5.41, 5.74) is 0.893. The number of aromatic nitrogens is 1. The molecule has 3 atom stereocenters. The molecule has 2 heterocycles. The van der Waals surface area contributed by atoms with Crippen LogP contribution in [0.25, 0.3) is 0 Å². The number of hydrogen-bond donors (Lipinski definition) is 1. The minimum absolute atomic E-state index is 0.112. The first kappa shape index (κ1) is 11.5. The molecule has 0 spiro atoms. The third kappa shape index (κ3) is 2.23. The summed E-state index contributed by atoms with van der Waals surface area (Å²) in [7, 11) is 1.89. The second-order valence-corrected chi connectivity index (χ2v) is 4.23. The molecule has 0 radical (unpaired) electrons. The van der Waals surface area contributed by atoms with Crippen molar-refractivity contribution in [1.29, 1.82) is 0 Å². The molecule has 0 amide bonds. The Morgan fingerprint density at radius 1 is 1.56 bits per heavy atom. The molecule has 1 saturated heterocycles. The van der Waals surface area contributed by atoms with Crippen LogP contribution in [0.1, 0.15) is 24.9 Å². The zero-order valence-electron chi connectivity index (χ0n) is 9.61. The van der Waals surface area contributed by atoms with E-state index in [0.29, 0.717) is 5.92 Å². The van der Waals surface area contributed by atoms with Crippen molar-refractivity contribution in [3.63, 3.8) is 0 Å². The van der Waals surface area contributed by atoms with Crippen molar-refractivity contribution in [2.45, 2.75) is 25.5 Å². The molecule has 2 rings (SSSR count). The van der Waals surface area contributed by atoms with Gasteiger partial charge in [-0.15, -0.1) is 0 Å². The fourth-order valence-electron chi connectivity index (χ4n) is 2.41. The molecule has 0 bridgehead atoms. The van der Waals surface area contributed by atoms with E-state index >= 15 is 0 Å². The lowest BCUT2D eigenvalue weighted by molar-refractivity contribution is 0.0962. The quantitative estimate of drug-likeness (QED) is 0.851. The van der Waals surface area contributed by atoms with Gasteiger partial charge >= 0.3 is 0 Å². The fraction of sp³-hybridized carbons (Fsp3) is 0.583. The highest BCUT2D eigenvalue weighted by molar-refractivity contribution is 5.16. The molecule has 1 aliphatic rings. The highest BCUT2D eigenvalue weighted by atomic mass is 19.1. The van der Waals surface area contributed by atoms with Gasteiger partial charge in [0.2, 0.25) is 0 Å². The van der Waals surface area contributed by atoms with Crippen LogP contribution in [0.15, 0.2) is 18.5 Å². The van der Waals surface area contributed by atoms with Crippen molar-refractivity contribution in [1.82, 2.24) is 10.3 Å². The number of nitrogens with one attached hydrogen (secondary N) is 1. The molecule has 0 saturated carbocycles. The maximum absolute atomic E-state index is 13.1. The van der Waals surface area contributed by atoms with E-state index in [1.165, 1.54) is 6.20 Å². The average Bonchev–Trinajstić information content (AvgIpc) is 2.67. The zero-order valence-corrected chi connectivity index (χ0v) is 9.61. The molecule has 3 nitrogen and oxygen atoms in total. The highest BCUT2D eigenvalue weighted by Gasteiger charge is 2.32. The smallest absolute Gasteiger partial charge is 0.141 e. The standard InChI is InChI=1S/C12H17FN2O/c1-8-11(3-4-16-8)12(14-2)9-5-10(13)7-15-6-9/h5-8,11-12,14H,3-4H2,1-2H3. The summed E-state index contributed by atoms with van der Waals surface area (Å²) in [4.78, 5) is 3.89. The maximum Gasteiger partial charge on any atom is 0.141 e. The lowest BCUT2D eigenvalue weighted by Crippen LogP contribution is -2.29. The summed E-state index contributed by atoms with van der Waals surface area (Å²) >= 11 is 0. The predicted octanol–water partition coefficient (Wildman–Crippen LogP) is 1.91. The van der Waals surface area contributed by atoms with Gasteiger partial charge in [0, 0.05) is 24.8 Å². The molecule has 3 unspecified atom stereocenters. The van der Waals surface area contributed by atoms with Crippen molar-refractivity contribution >= 4 is 0 Å². The fourth-order valence-corrected chi connectivity index (χ4v) is 2.41. The number of halogens is 1. The minimum Gasteiger partial charge on any atom is -0.378 e. The van der Waals surface area contributed by atoms with E-state index in [2.05, 4.69) is 17.2 Å². The number of ether oxygens (including phenoxy) is 1. The Labute approximate surface area is 95.0 Å². The second kappa shape index (κ2) is 4.89. The average molecular weight is 224 g/mol. The molecule has 16 heavy (non-hydrogen) atoms. The van der Waals surface area contributed by atoms with Crippen LogP contribution in [0.2, 0.25) is 0 Å². The molecule has 0 aromatic carbocycles. The Morgan fingerprint density at radius 2 is 2.38 bits per heavy atom. The Hall–Kier alpha value is -1.00. The Bertz CT molecular complexity index is 359. The van der Waals surface area contributed by atoms with E-state index in [9.17, 15) is 4.39 Å². The van der Waals surface area contributed by atoms with Crippen LogP contribution in [0.4, 0.5) is 4.39 Å². The van der Waals surface area contributed by atoms with E-state index in [1.807, 2.05) is 7.05 Å². The zero-order chi connectivity index (χ0) is 11.5. The number of rotatable bonds is 3. The Morgan fingerprint density at radius 3 is 2.94 bits per heavy atom. The van der Waals surface area contributed by atoms with Gasteiger partial charge < -0.3 is 10.1 Å². The normalized spacial score (nSPS) is 26.9. The topological polar surface area (TPSA) is 34.2 Å². The molecule has 88 valence electrons. The monoisotopic (exact) mass is 224 g/mol. The summed E-state index contributed by atoms with van der Waals surface area (Å²) in [6.07, 6.45) is 4.16. The Balaban J connectivity index is 2.21. The van der Waals surface area contributed by atoms with Gasteiger partial charge in [0.15, 0.2) is 0 Å². The second-order valence-electron chi connectivity index (χ2n) is 4.23. The number of hydrogen-bond acceptors (Lipinski definition) is 3. The van der Waals surface area contributed by atoms with E-state index < -0.39 is 0 Å². The van der Waals surface area contributed by atoms with Crippen LogP contribution in [0.3, 0.4) is 0 Å². The number of pyridine rings is 1. The first-order chi connectivity index (χ1) is 7.72. The van der Waals surface area contributed by atoms with Crippen molar-refractivity contribution < 1.29 is 9.13 Å². The van der Waals surface area contributed by atoms with Crippen LogP contribution < -0.4 is 5.32 Å². The molecule has 1 N–H and O–H groups in total. The molecule has 1 aromatic rings. The predicted molar refractivity (Wildman–Crippen MR) is 59.5 cm³/mol. The third-order valence-electron chi connectivity index (χ3n) is 3.26. The van der Waals surface area contributed by atoms with Crippen LogP contribution in [-0.4, -0.2) is 24.7 Å². The number of nitrogens with zero attached hydrogens (tertiary/aromatic N) is 1. The van der Waals surface area contributed by atoms with Crippen LogP contribution >= 0.6 is 0 Å². The summed E-state index contributed by atoms with van der Waals surface area (Å²) in [6, 6.07) is 1.65. The SMILES string of the molecule is CNC(c1cncc(F)c1)C1CCOC1C. The van der Waals surface area contributed by atoms with E-state index in [4.69, 9.17) is 4.74 Å². The van der Waals surface area contributed by atoms with Crippen molar-refractivity contribution in [2.75, 3.05) is 13.7 Å². The van der Waals surface area contributed by atoms with Gasteiger partial charge in [-0.2, -0.15) is 0 Å². The van der Waals surface area contributed by atoms with Gasteiger partial charge in [-0.3, -0.25) is 4.98 Å². The molecular formula is C12H17FN2O. The van der Waals surface area contributed by atoms with E-state index in [-0.39, 0.29) is 18.0 Å². The summed E-state index contributed by atoms with van der Waals surface area (Å²) in [6.45, 7) is 2.85. The minimum atomic E-state index is -0.288. The molecule has 4 heteroatoms. The van der Waals surface area contributed by atoms with E-state index in [1.54, 1.807) is 12.3 Å². The van der Waals surface area contributed by atoms with Gasteiger partial charge in [-0.1, -0.05) is 0 Å². The molecule has 1 aromatic heterocycles. The Kier molecular flexibility index (Phi) is 3.51.